The summed E-state index contributed by atoms with van der Waals surface area (Å²) in [5, 5.41) is 15.9. The molecule has 4 N–H and O–H groups in total. The number of aromatic hydroxyl groups is 1. The van der Waals surface area contributed by atoms with E-state index in [1.165, 1.54) is 31.4 Å². The number of piperidine rings is 1. The normalized spacial score (nSPS) is 15.8. The zero-order valence-corrected chi connectivity index (χ0v) is 23.6. The maximum Gasteiger partial charge on any atom is 0.263 e. The highest BCUT2D eigenvalue weighted by Crippen LogP contribution is 2.31. The van der Waals surface area contributed by atoms with Crippen LogP contribution in [0.5, 0.6) is 11.5 Å². The number of rotatable bonds is 9. The van der Waals surface area contributed by atoms with E-state index in [2.05, 4.69) is 37.1 Å². The van der Waals surface area contributed by atoms with Crippen LogP contribution < -0.4 is 20.1 Å². The van der Waals surface area contributed by atoms with Crippen LogP contribution in [0.3, 0.4) is 0 Å². The standard InChI is InChI=1S/C29H32N6O5S/c1-19-8-5-6-13-35(19)18-27(37)30-20-9-7-10-24(16-20)41(38,39)34-29-28(32-25-11-3-4-12-26(25)33-29)31-21-14-22(36)17-23(15-21)40-2/h3-4,7,9-12,14-17,19,36H,5-6,8,13,18H2,1-2H3,(H,30,37)(H,31,32)(H,33,34). The van der Waals surface area contributed by atoms with Crippen LogP contribution in [0.1, 0.15) is 26.2 Å². The van der Waals surface area contributed by atoms with Gasteiger partial charge in [-0.15, -0.1) is 0 Å². The van der Waals surface area contributed by atoms with Crippen LogP contribution in [0, 0.1) is 0 Å². The van der Waals surface area contributed by atoms with Gasteiger partial charge < -0.3 is 20.5 Å². The molecule has 1 saturated heterocycles. The van der Waals surface area contributed by atoms with Gasteiger partial charge in [0.1, 0.15) is 11.5 Å². The molecule has 12 heteroatoms. The lowest BCUT2D eigenvalue weighted by atomic mass is 10.0. The summed E-state index contributed by atoms with van der Waals surface area (Å²) in [5.41, 5.74) is 1.81. The number of anilines is 4. The molecule has 1 fully saturated rings. The Morgan fingerprint density at radius 2 is 1.76 bits per heavy atom. The van der Waals surface area contributed by atoms with Crippen molar-refractivity contribution in [1.82, 2.24) is 14.9 Å². The summed E-state index contributed by atoms with van der Waals surface area (Å²) in [6.45, 7) is 3.23. The number of phenolic OH excluding ortho intramolecular Hbond substituents is 1. The number of nitrogens with zero attached hydrogens (tertiary/aromatic N) is 3. The topological polar surface area (TPSA) is 146 Å². The Morgan fingerprint density at radius 1 is 1.00 bits per heavy atom. The quantitative estimate of drug-likeness (QED) is 0.223. The highest BCUT2D eigenvalue weighted by atomic mass is 32.2. The summed E-state index contributed by atoms with van der Waals surface area (Å²) in [6, 6.07) is 18.0. The van der Waals surface area contributed by atoms with E-state index in [9.17, 15) is 18.3 Å². The number of benzene rings is 3. The molecule has 0 spiro atoms. The molecule has 11 nitrogen and oxygen atoms in total. The van der Waals surface area contributed by atoms with E-state index in [1.807, 2.05) is 0 Å². The lowest BCUT2D eigenvalue weighted by Crippen LogP contribution is -2.42. The summed E-state index contributed by atoms with van der Waals surface area (Å²) in [7, 11) is -2.67. The molecule has 1 aromatic heterocycles. The third kappa shape index (κ3) is 6.84. The Morgan fingerprint density at radius 3 is 2.49 bits per heavy atom. The van der Waals surface area contributed by atoms with E-state index >= 15 is 0 Å². The van der Waals surface area contributed by atoms with Crippen LogP contribution >= 0.6 is 0 Å². The summed E-state index contributed by atoms with van der Waals surface area (Å²) in [6.07, 6.45) is 3.28. The maximum atomic E-state index is 13.5. The van der Waals surface area contributed by atoms with Crippen LogP contribution in [0.4, 0.5) is 23.0 Å². The molecule has 2 heterocycles. The van der Waals surface area contributed by atoms with Crippen molar-refractivity contribution in [3.63, 3.8) is 0 Å². The molecule has 0 aliphatic carbocycles. The van der Waals surface area contributed by atoms with Crippen molar-refractivity contribution < 1.29 is 23.1 Å². The number of carbonyl (C=O) groups excluding carboxylic acids is 1. The molecule has 1 atom stereocenters. The van der Waals surface area contributed by atoms with Crippen molar-refractivity contribution in [3.05, 3.63) is 66.7 Å². The predicted octanol–water partition coefficient (Wildman–Crippen LogP) is 4.70. The van der Waals surface area contributed by atoms with Gasteiger partial charge in [0.25, 0.3) is 10.0 Å². The Labute approximate surface area is 238 Å². The minimum absolute atomic E-state index is 0.0421. The molecule has 3 aromatic carbocycles. The average Bonchev–Trinajstić information content (AvgIpc) is 2.94. The average molecular weight is 577 g/mol. The first-order valence-corrected chi connectivity index (χ1v) is 14.8. The Hall–Kier alpha value is -4.42. The van der Waals surface area contributed by atoms with Crippen molar-refractivity contribution in [3.8, 4) is 11.5 Å². The van der Waals surface area contributed by atoms with E-state index in [4.69, 9.17) is 4.74 Å². The Kier molecular flexibility index (Phi) is 8.22. The largest absolute Gasteiger partial charge is 0.508 e. The van der Waals surface area contributed by atoms with E-state index in [1.54, 1.807) is 42.5 Å². The van der Waals surface area contributed by atoms with Gasteiger partial charge in [-0.3, -0.25) is 14.4 Å². The molecule has 1 aliphatic heterocycles. The second kappa shape index (κ2) is 12.0. The number of carbonyl (C=O) groups is 1. The fraction of sp³-hybridized carbons (Fsp3) is 0.276. The molecule has 0 radical (unpaired) electrons. The van der Waals surface area contributed by atoms with Crippen LogP contribution in [0.25, 0.3) is 11.0 Å². The molecule has 4 aromatic rings. The van der Waals surface area contributed by atoms with Gasteiger partial charge >= 0.3 is 0 Å². The first-order chi connectivity index (χ1) is 19.7. The third-order valence-corrected chi connectivity index (χ3v) is 8.24. The van der Waals surface area contributed by atoms with Crippen molar-refractivity contribution in [1.29, 1.82) is 0 Å². The third-order valence-electron chi connectivity index (χ3n) is 6.91. The second-order valence-electron chi connectivity index (χ2n) is 9.95. The number of para-hydroxylation sites is 2. The SMILES string of the molecule is COc1cc(O)cc(Nc2nc3ccccc3nc2NS(=O)(=O)c2cccc(NC(=O)CN3CCCCC3C)c2)c1. The monoisotopic (exact) mass is 576 g/mol. The van der Waals surface area contributed by atoms with Crippen molar-refractivity contribution in [2.24, 2.45) is 0 Å². The van der Waals surface area contributed by atoms with Crippen LogP contribution in [0.15, 0.2) is 71.6 Å². The first kappa shape index (κ1) is 28.1. The number of ether oxygens (including phenoxy) is 1. The van der Waals surface area contributed by atoms with E-state index in [-0.39, 0.29) is 34.7 Å². The maximum absolute atomic E-state index is 13.5. The second-order valence-corrected chi connectivity index (χ2v) is 11.6. The molecule has 1 aliphatic rings. The minimum atomic E-state index is -4.14. The molecule has 5 rings (SSSR count). The molecule has 41 heavy (non-hydrogen) atoms. The van der Waals surface area contributed by atoms with Gasteiger partial charge in [0.2, 0.25) is 5.91 Å². The number of amides is 1. The summed E-state index contributed by atoms with van der Waals surface area (Å²) in [4.78, 5) is 23.9. The van der Waals surface area contributed by atoms with Gasteiger partial charge in [0.15, 0.2) is 11.6 Å². The Balaban J connectivity index is 1.40. The van der Waals surface area contributed by atoms with E-state index in [0.717, 1.165) is 25.8 Å². The number of sulfonamides is 1. The zero-order valence-electron chi connectivity index (χ0n) is 22.8. The van der Waals surface area contributed by atoms with E-state index in [0.29, 0.717) is 34.2 Å². The number of aromatic nitrogens is 2. The fourth-order valence-corrected chi connectivity index (χ4v) is 5.83. The molecular formula is C29H32N6O5S. The van der Waals surface area contributed by atoms with Crippen molar-refractivity contribution >= 4 is 50.0 Å². The number of methoxy groups -OCH3 is 1. The molecule has 1 unspecified atom stereocenters. The zero-order chi connectivity index (χ0) is 29.0. The smallest absolute Gasteiger partial charge is 0.263 e. The number of fused-ring (bicyclic) bond motifs is 1. The van der Waals surface area contributed by atoms with Gasteiger partial charge in [-0.05, 0) is 56.6 Å². The number of hydrogen-bond donors (Lipinski definition) is 4. The van der Waals surface area contributed by atoms with Gasteiger partial charge in [0.05, 0.1) is 29.6 Å². The van der Waals surface area contributed by atoms with Gasteiger partial charge in [0, 0.05) is 35.6 Å². The first-order valence-electron chi connectivity index (χ1n) is 13.3. The van der Waals surface area contributed by atoms with Gasteiger partial charge in [-0.1, -0.05) is 24.6 Å². The summed E-state index contributed by atoms with van der Waals surface area (Å²) >= 11 is 0. The molecule has 214 valence electrons. The van der Waals surface area contributed by atoms with Crippen molar-refractivity contribution in [2.45, 2.75) is 37.1 Å². The van der Waals surface area contributed by atoms with Gasteiger partial charge in [-0.25, -0.2) is 18.4 Å². The van der Waals surface area contributed by atoms with E-state index < -0.39 is 10.0 Å². The van der Waals surface area contributed by atoms with Crippen LogP contribution in [-0.2, 0) is 14.8 Å². The fourth-order valence-electron chi connectivity index (χ4n) is 4.77. The van der Waals surface area contributed by atoms with Gasteiger partial charge in [-0.2, -0.15) is 0 Å². The highest BCUT2D eigenvalue weighted by Gasteiger charge is 2.22. The molecule has 1 amide bonds. The predicted molar refractivity (Wildman–Crippen MR) is 158 cm³/mol. The molecule has 0 saturated carbocycles. The molecular weight excluding hydrogens is 544 g/mol. The number of likely N-dealkylation sites (tertiary alicyclic amines) is 1. The highest BCUT2D eigenvalue weighted by molar-refractivity contribution is 7.92. The number of phenols is 1. The summed E-state index contributed by atoms with van der Waals surface area (Å²) < 4.78 is 34.8. The Bertz CT molecular complexity index is 1680. The number of nitrogens with one attached hydrogen (secondary N) is 3. The van der Waals surface area contributed by atoms with Crippen molar-refractivity contribution in [2.75, 3.05) is 35.6 Å². The number of hydrogen-bond acceptors (Lipinski definition) is 9. The minimum Gasteiger partial charge on any atom is -0.508 e. The molecule has 0 bridgehead atoms. The van der Waals surface area contributed by atoms with Crippen LogP contribution in [-0.4, -0.2) is 60.5 Å². The lowest BCUT2D eigenvalue weighted by Gasteiger charge is -2.32. The summed E-state index contributed by atoms with van der Waals surface area (Å²) in [5.74, 6) is 0.238. The van der Waals surface area contributed by atoms with Crippen LogP contribution in [0.2, 0.25) is 0 Å². The lowest BCUT2D eigenvalue weighted by molar-refractivity contribution is -0.118.